The first-order valence-corrected chi connectivity index (χ1v) is 24.3. The smallest absolute Gasteiger partial charge is 0.147 e. The number of nitrogens with zero attached hydrogens (tertiary/aromatic N) is 1. The van der Waals surface area contributed by atoms with E-state index in [1.807, 2.05) is 0 Å². The van der Waals surface area contributed by atoms with Gasteiger partial charge < -0.3 is 0 Å². The summed E-state index contributed by atoms with van der Waals surface area (Å²) in [5.41, 5.74) is 0. The summed E-state index contributed by atoms with van der Waals surface area (Å²) in [6.45, 7) is 15.3. The van der Waals surface area contributed by atoms with E-state index in [-0.39, 0.29) is 24.8 Å². The molecule has 0 radical (unpaired) electrons. The normalized spacial score (nSPS) is 20.9. The maximum atomic E-state index is 3.15. The molecule has 0 spiro atoms. The van der Waals surface area contributed by atoms with Crippen molar-refractivity contribution < 1.29 is 13.0 Å². The van der Waals surface area contributed by atoms with Crippen LogP contribution in [-0.2, 0) is 13.0 Å². The Kier molecular flexibility index (Phi) is 5.88. The second-order valence-corrected chi connectivity index (χ2v) is 50.0. The van der Waals surface area contributed by atoms with Crippen LogP contribution >= 0.6 is 24.8 Å². The van der Waals surface area contributed by atoms with Gasteiger partial charge in [0.1, 0.15) is 0 Å². The van der Waals surface area contributed by atoms with Gasteiger partial charge in [0.2, 0.25) is 0 Å². The van der Waals surface area contributed by atoms with E-state index in [9.17, 15) is 0 Å². The average molecular weight is 421 g/mol. The molecule has 0 unspecified atom stereocenters. The Hall–Kier alpha value is 1.17. The van der Waals surface area contributed by atoms with Gasteiger partial charge >= 0.3 is 126 Å². The van der Waals surface area contributed by atoms with Crippen molar-refractivity contribution in [2.75, 3.05) is 0 Å². The SMILES string of the molecule is C[Si](C)(C)[N]([Si](C)(C)C)[Ti]([CH3])([CH3])([CH3])([CH3])([CH3])[C]1=CC=CC1.Cl.Cl. The van der Waals surface area contributed by atoms with Crippen molar-refractivity contribution in [2.24, 2.45) is 0 Å². The van der Waals surface area contributed by atoms with Crippen molar-refractivity contribution in [1.82, 2.24) is 2.71 Å². The van der Waals surface area contributed by atoms with E-state index in [1.54, 1.807) is 3.88 Å². The fourth-order valence-electron chi connectivity index (χ4n) is 6.30. The Bertz CT molecular complexity index is 495. The quantitative estimate of drug-likeness (QED) is 0.423. The molecular formula is C16H40Cl2NSi2Ti. The molecule has 0 heterocycles. The zero-order valence-corrected chi connectivity index (χ0v) is 21.9. The topological polar surface area (TPSA) is 3.24 Å². The van der Waals surface area contributed by atoms with E-state index in [2.05, 4.69) is 86.4 Å². The molecule has 0 aromatic heterocycles. The fourth-order valence-corrected chi connectivity index (χ4v) is 61.4. The Labute approximate surface area is 150 Å². The molecule has 0 saturated heterocycles. The van der Waals surface area contributed by atoms with E-state index in [0.717, 1.165) is 6.42 Å². The van der Waals surface area contributed by atoms with Crippen LogP contribution in [0.3, 0.4) is 0 Å². The summed E-state index contributed by atoms with van der Waals surface area (Å²) < 4.78 is 4.87. The summed E-state index contributed by atoms with van der Waals surface area (Å²) in [5, 5.41) is 13.3. The minimum atomic E-state index is -3.90. The van der Waals surface area contributed by atoms with Gasteiger partial charge in [-0.1, -0.05) is 0 Å². The van der Waals surface area contributed by atoms with Gasteiger partial charge in [0.05, 0.1) is 0 Å². The number of halogens is 2. The monoisotopic (exact) mass is 420 g/mol. The molecule has 22 heavy (non-hydrogen) atoms. The molecule has 1 aliphatic carbocycles. The summed E-state index contributed by atoms with van der Waals surface area (Å²) in [4.78, 5) is 0. The predicted octanol–water partition coefficient (Wildman–Crippen LogP) is 7.56. The van der Waals surface area contributed by atoms with Crippen molar-refractivity contribution >= 4 is 41.3 Å². The van der Waals surface area contributed by atoms with Crippen molar-refractivity contribution in [2.45, 2.75) is 71.8 Å². The van der Waals surface area contributed by atoms with Crippen LogP contribution in [0.2, 0.25) is 65.4 Å². The third-order valence-corrected chi connectivity index (χ3v) is 38.1. The van der Waals surface area contributed by atoms with Crippen LogP contribution in [0.5, 0.6) is 0 Å². The fraction of sp³-hybridized carbons (Fsp3) is 0.750. The van der Waals surface area contributed by atoms with Gasteiger partial charge in [-0.2, -0.15) is 0 Å². The van der Waals surface area contributed by atoms with E-state index >= 15 is 0 Å². The van der Waals surface area contributed by atoms with Gasteiger partial charge in [-0.25, -0.2) is 0 Å². The van der Waals surface area contributed by atoms with Crippen LogP contribution in [0.4, 0.5) is 0 Å². The third-order valence-electron chi connectivity index (χ3n) is 5.09. The van der Waals surface area contributed by atoms with E-state index < -0.39 is 29.5 Å². The van der Waals surface area contributed by atoms with Crippen molar-refractivity contribution in [3.05, 3.63) is 22.1 Å². The average Bonchev–Trinajstić information content (AvgIpc) is 2.41. The summed E-state index contributed by atoms with van der Waals surface area (Å²) in [6, 6.07) is 0. The van der Waals surface area contributed by atoms with Gasteiger partial charge in [0.25, 0.3) is 0 Å². The summed E-state index contributed by atoms with van der Waals surface area (Å²) >= 11 is -3.90. The zero-order chi connectivity index (χ0) is 16.4. The van der Waals surface area contributed by atoms with Crippen molar-refractivity contribution in [1.29, 1.82) is 0 Å². The van der Waals surface area contributed by atoms with Crippen LogP contribution < -0.4 is 0 Å². The van der Waals surface area contributed by atoms with Gasteiger partial charge in [-0.15, -0.1) is 24.8 Å². The minimum Gasteiger partial charge on any atom is -0.147 e. The van der Waals surface area contributed by atoms with Crippen LogP contribution in [0.1, 0.15) is 6.42 Å². The number of hydrogen-bond donors (Lipinski definition) is 0. The molecule has 1 nitrogen and oxygen atoms in total. The van der Waals surface area contributed by atoms with Gasteiger partial charge in [0, 0.05) is 0 Å². The van der Waals surface area contributed by atoms with Gasteiger partial charge in [-0.05, 0) is 0 Å². The van der Waals surface area contributed by atoms with Gasteiger partial charge in [0.15, 0.2) is 0 Å². The predicted molar refractivity (Wildman–Crippen MR) is 114 cm³/mol. The molecule has 135 valence electrons. The summed E-state index contributed by atoms with van der Waals surface area (Å²) in [5.74, 6) is 0. The molecule has 1 aliphatic rings. The minimum absolute atomic E-state index is 0. The first kappa shape index (κ1) is 25.4. The summed E-state index contributed by atoms with van der Waals surface area (Å²) in [7, 11) is -2.87. The second kappa shape index (κ2) is 5.09. The molecule has 0 N–H and O–H groups in total. The second-order valence-electron chi connectivity index (χ2n) is 13.5. The number of rotatable bonds is 4. The Morgan fingerprint density at radius 2 is 1.18 bits per heavy atom. The molecule has 0 fully saturated rings. The molecule has 1 rings (SSSR count). The molecule has 0 aliphatic heterocycles. The Balaban J connectivity index is 0. The summed E-state index contributed by atoms with van der Waals surface area (Å²) in [6.07, 6.45) is 8.20. The number of allylic oxidation sites excluding steroid dienone is 4. The van der Waals surface area contributed by atoms with Gasteiger partial charge in [-0.3, -0.25) is 0 Å². The van der Waals surface area contributed by atoms with Crippen LogP contribution in [0.25, 0.3) is 0 Å². The van der Waals surface area contributed by atoms with Crippen molar-refractivity contribution in [3.8, 4) is 0 Å². The number of hydrogen-bond acceptors (Lipinski definition) is 1. The van der Waals surface area contributed by atoms with Crippen molar-refractivity contribution in [3.63, 3.8) is 0 Å². The third kappa shape index (κ3) is 4.41. The van der Waals surface area contributed by atoms with Crippen LogP contribution in [0.15, 0.2) is 22.1 Å². The maximum Gasteiger partial charge on any atom is -0.147 e. The first-order valence-electron chi connectivity index (χ1n) is 8.14. The Morgan fingerprint density at radius 1 is 0.818 bits per heavy atom. The molecule has 0 aromatic carbocycles. The van der Waals surface area contributed by atoms with E-state index in [1.165, 1.54) is 0 Å². The van der Waals surface area contributed by atoms with Crippen LogP contribution in [-0.4, -0.2) is 19.2 Å². The first-order chi connectivity index (χ1) is 8.22. The molecular weight excluding hydrogens is 381 g/mol. The molecule has 0 aromatic rings. The molecule has 6 heteroatoms. The van der Waals surface area contributed by atoms with E-state index in [0.29, 0.717) is 0 Å². The Morgan fingerprint density at radius 3 is 1.41 bits per heavy atom. The maximum absolute atomic E-state index is 3.90. The van der Waals surface area contributed by atoms with Crippen LogP contribution in [0, 0.1) is 0 Å². The molecule has 0 atom stereocenters. The largest absolute Gasteiger partial charge is 0.147 e. The van der Waals surface area contributed by atoms with E-state index in [4.69, 9.17) is 0 Å². The standard InChI is InChI=1S/C6H18NSi2.C5H5.5CH3.2ClH.Ti/c1-8(2,3)7-9(4,5)6;1-2-4-5-3-1;;;;;;;;/h1-6H3;1-3H,4H2;5*1H3;2*1H;/q-1;;;;;;;;;+1. The molecule has 0 bridgehead atoms. The molecule has 0 saturated carbocycles. The zero-order valence-electron chi connectivity index (χ0n) is 16.7. The molecule has 0 amide bonds.